The molecule has 0 fully saturated rings. The van der Waals surface area contributed by atoms with Crippen molar-refractivity contribution < 1.29 is 9.53 Å². The number of hydrogen-bond donors (Lipinski definition) is 2. The Morgan fingerprint density at radius 1 is 1.46 bits per heavy atom. The Balaban J connectivity index is 1.78. The van der Waals surface area contributed by atoms with Crippen LogP contribution in [0.4, 0.5) is 5.69 Å². The number of hydrogen-bond acceptors (Lipinski definition) is 4. The lowest BCUT2D eigenvalue weighted by molar-refractivity contribution is 0.0526. The first kappa shape index (κ1) is 18.2. The lowest BCUT2D eigenvalue weighted by atomic mass is 10.2. The minimum atomic E-state index is -0.436. The van der Waals surface area contributed by atoms with Gasteiger partial charge in [-0.2, -0.15) is 0 Å². The Hall–Kier alpha value is -2.12. The minimum Gasteiger partial charge on any atom is -0.462 e. The van der Waals surface area contributed by atoms with Crippen molar-refractivity contribution in [3.63, 3.8) is 0 Å². The van der Waals surface area contributed by atoms with Crippen molar-refractivity contribution in [1.29, 1.82) is 0 Å². The van der Waals surface area contributed by atoms with Gasteiger partial charge in [0.1, 0.15) is 0 Å². The van der Waals surface area contributed by atoms with E-state index < -0.39 is 5.97 Å². The molecule has 6 nitrogen and oxygen atoms in total. The zero-order valence-electron chi connectivity index (χ0n) is 13.3. The predicted molar refractivity (Wildman–Crippen MR) is 98.5 cm³/mol. The van der Waals surface area contributed by atoms with Gasteiger partial charge < -0.3 is 19.9 Å². The number of imidazole rings is 1. The van der Waals surface area contributed by atoms with Crippen molar-refractivity contribution in [3.8, 4) is 0 Å². The van der Waals surface area contributed by atoms with Crippen LogP contribution in [-0.2, 0) is 11.3 Å². The van der Waals surface area contributed by atoms with Crippen LogP contribution in [0.3, 0.4) is 0 Å². The van der Waals surface area contributed by atoms with Crippen LogP contribution in [0.15, 0.2) is 36.9 Å². The average Bonchev–Trinajstić information content (AvgIpc) is 3.05. The molecule has 0 radical (unpaired) electrons. The predicted octanol–water partition coefficient (Wildman–Crippen LogP) is 3.09. The molecule has 0 bridgehead atoms. The minimum absolute atomic E-state index is 0.308. The summed E-state index contributed by atoms with van der Waals surface area (Å²) in [7, 11) is 0. The summed E-state index contributed by atoms with van der Waals surface area (Å²) >= 11 is 11.4. The van der Waals surface area contributed by atoms with E-state index in [1.54, 1.807) is 37.6 Å². The second kappa shape index (κ2) is 9.24. The number of nitrogens with zero attached hydrogens (tertiary/aromatic N) is 2. The summed E-state index contributed by atoms with van der Waals surface area (Å²) in [5.41, 5.74) is 1.04. The molecule has 0 spiro atoms. The zero-order chi connectivity index (χ0) is 17.4. The summed E-state index contributed by atoms with van der Waals surface area (Å²) in [4.78, 5) is 15.7. The molecule has 2 aromatic rings. The molecular formula is C16H19ClN4O2S. The number of aryl methyl sites for hydroxylation is 1. The highest BCUT2D eigenvalue weighted by molar-refractivity contribution is 7.80. The summed E-state index contributed by atoms with van der Waals surface area (Å²) in [6.07, 6.45) is 6.37. The van der Waals surface area contributed by atoms with E-state index in [9.17, 15) is 4.79 Å². The summed E-state index contributed by atoms with van der Waals surface area (Å²) in [5.74, 6) is -0.436. The standard InChI is InChI=1S/C16H19ClN4O2S/c1-2-23-15(22)13-5-4-12(10-14(13)17)20-16(24)19-6-3-8-21-9-7-18-11-21/h4-5,7,9-11H,2-3,6,8H2,1H3,(H2,19,20,24). The summed E-state index contributed by atoms with van der Waals surface area (Å²) in [5, 5.41) is 6.98. The first-order chi connectivity index (χ1) is 11.6. The first-order valence-electron chi connectivity index (χ1n) is 7.57. The van der Waals surface area contributed by atoms with E-state index in [1.807, 2.05) is 10.8 Å². The van der Waals surface area contributed by atoms with E-state index in [1.165, 1.54) is 0 Å². The number of aromatic nitrogens is 2. The Morgan fingerprint density at radius 2 is 2.29 bits per heavy atom. The third-order valence-electron chi connectivity index (χ3n) is 3.16. The highest BCUT2D eigenvalue weighted by atomic mass is 35.5. The number of rotatable bonds is 7. The van der Waals surface area contributed by atoms with Gasteiger partial charge in [0.05, 0.1) is 23.5 Å². The van der Waals surface area contributed by atoms with E-state index in [0.29, 0.717) is 28.0 Å². The second-order valence-electron chi connectivity index (χ2n) is 4.95. The Labute approximate surface area is 151 Å². The molecule has 0 aliphatic heterocycles. The Bertz CT molecular complexity index is 691. The van der Waals surface area contributed by atoms with Crippen LogP contribution in [-0.4, -0.2) is 33.8 Å². The number of esters is 1. The molecule has 0 saturated carbocycles. The van der Waals surface area contributed by atoms with Crippen molar-refractivity contribution in [2.24, 2.45) is 0 Å². The fraction of sp³-hybridized carbons (Fsp3) is 0.312. The maximum atomic E-state index is 11.7. The van der Waals surface area contributed by atoms with E-state index in [4.69, 9.17) is 28.6 Å². The normalized spacial score (nSPS) is 10.2. The largest absolute Gasteiger partial charge is 0.462 e. The van der Waals surface area contributed by atoms with Gasteiger partial charge in [0.25, 0.3) is 0 Å². The number of ether oxygens (including phenoxy) is 1. The fourth-order valence-electron chi connectivity index (χ4n) is 2.03. The molecule has 24 heavy (non-hydrogen) atoms. The highest BCUT2D eigenvalue weighted by Gasteiger charge is 2.12. The van der Waals surface area contributed by atoms with Crippen LogP contribution >= 0.6 is 23.8 Å². The van der Waals surface area contributed by atoms with Gasteiger partial charge in [-0.05, 0) is 43.8 Å². The molecule has 2 rings (SSSR count). The molecule has 0 amide bonds. The smallest absolute Gasteiger partial charge is 0.339 e. The van der Waals surface area contributed by atoms with Gasteiger partial charge in [0, 0.05) is 31.2 Å². The third-order valence-corrected chi connectivity index (χ3v) is 3.72. The monoisotopic (exact) mass is 366 g/mol. The van der Waals surface area contributed by atoms with Gasteiger partial charge >= 0.3 is 5.97 Å². The molecule has 1 aromatic heterocycles. The van der Waals surface area contributed by atoms with Crippen LogP contribution in [0.2, 0.25) is 5.02 Å². The van der Waals surface area contributed by atoms with E-state index in [2.05, 4.69) is 15.6 Å². The van der Waals surface area contributed by atoms with E-state index in [0.717, 1.165) is 19.5 Å². The molecule has 1 heterocycles. The van der Waals surface area contributed by atoms with Crippen molar-refractivity contribution in [2.75, 3.05) is 18.5 Å². The van der Waals surface area contributed by atoms with Gasteiger partial charge in [-0.1, -0.05) is 11.6 Å². The first-order valence-corrected chi connectivity index (χ1v) is 8.36. The zero-order valence-corrected chi connectivity index (χ0v) is 14.9. The number of anilines is 1. The third kappa shape index (κ3) is 5.50. The molecule has 8 heteroatoms. The van der Waals surface area contributed by atoms with E-state index >= 15 is 0 Å². The summed E-state index contributed by atoms with van der Waals surface area (Å²) in [6.45, 7) is 3.66. The van der Waals surface area contributed by atoms with Gasteiger partial charge in [-0.15, -0.1) is 0 Å². The van der Waals surface area contributed by atoms with Crippen LogP contribution in [0.1, 0.15) is 23.7 Å². The van der Waals surface area contributed by atoms with Gasteiger partial charge in [0.2, 0.25) is 0 Å². The topological polar surface area (TPSA) is 68.2 Å². The van der Waals surface area contributed by atoms with Crippen LogP contribution in [0.5, 0.6) is 0 Å². The fourth-order valence-corrected chi connectivity index (χ4v) is 2.50. The van der Waals surface area contributed by atoms with E-state index in [-0.39, 0.29) is 0 Å². The summed E-state index contributed by atoms with van der Waals surface area (Å²) < 4.78 is 6.94. The van der Waals surface area contributed by atoms with Crippen LogP contribution in [0, 0.1) is 0 Å². The quantitative estimate of drug-likeness (QED) is 0.446. The molecule has 128 valence electrons. The van der Waals surface area contributed by atoms with Gasteiger partial charge in [-0.3, -0.25) is 0 Å². The number of benzene rings is 1. The molecule has 0 unspecified atom stereocenters. The molecule has 2 N–H and O–H groups in total. The number of thiocarbonyl (C=S) groups is 1. The van der Waals surface area contributed by atoms with Gasteiger partial charge in [0.15, 0.2) is 5.11 Å². The van der Waals surface area contributed by atoms with Gasteiger partial charge in [-0.25, -0.2) is 9.78 Å². The Kier molecular flexibility index (Phi) is 7.02. The van der Waals surface area contributed by atoms with Crippen molar-refractivity contribution >= 4 is 40.6 Å². The van der Waals surface area contributed by atoms with Crippen molar-refractivity contribution in [1.82, 2.24) is 14.9 Å². The average molecular weight is 367 g/mol. The second-order valence-corrected chi connectivity index (χ2v) is 5.77. The lowest BCUT2D eigenvalue weighted by Crippen LogP contribution is -2.29. The maximum Gasteiger partial charge on any atom is 0.339 e. The number of carbonyl (C=O) groups is 1. The molecule has 0 aliphatic carbocycles. The SMILES string of the molecule is CCOC(=O)c1ccc(NC(=S)NCCCn2ccnc2)cc1Cl. The Morgan fingerprint density at radius 3 is 2.96 bits per heavy atom. The lowest BCUT2D eigenvalue weighted by Gasteiger charge is -2.12. The molecule has 1 aromatic carbocycles. The molecule has 0 atom stereocenters. The summed E-state index contributed by atoms with van der Waals surface area (Å²) in [6, 6.07) is 5.00. The number of nitrogens with one attached hydrogen (secondary N) is 2. The molecule has 0 aliphatic rings. The maximum absolute atomic E-state index is 11.7. The molecule has 0 saturated heterocycles. The molecular weight excluding hydrogens is 348 g/mol. The highest BCUT2D eigenvalue weighted by Crippen LogP contribution is 2.21. The van der Waals surface area contributed by atoms with Crippen molar-refractivity contribution in [2.45, 2.75) is 19.9 Å². The van der Waals surface area contributed by atoms with Crippen LogP contribution < -0.4 is 10.6 Å². The number of halogens is 1. The number of carbonyl (C=O) groups excluding carboxylic acids is 1. The van der Waals surface area contributed by atoms with Crippen molar-refractivity contribution in [3.05, 3.63) is 47.5 Å². The van der Waals surface area contributed by atoms with Crippen LogP contribution in [0.25, 0.3) is 0 Å².